The number of amides is 1. The highest BCUT2D eigenvalue weighted by Gasteiger charge is 2.41. The lowest BCUT2D eigenvalue weighted by Gasteiger charge is -2.26. The van der Waals surface area contributed by atoms with E-state index < -0.39 is 29.8 Å². The minimum atomic E-state index is -0.902. The Morgan fingerprint density at radius 3 is 2.03 bits per heavy atom. The summed E-state index contributed by atoms with van der Waals surface area (Å²) in [6.45, 7) is 0. The number of Topliss-reactive ketones (excluding diaryl/α,β-unsaturated/α-hetero) is 1. The maximum atomic E-state index is 13.3. The zero-order valence-electron chi connectivity index (χ0n) is 19.7. The van der Waals surface area contributed by atoms with Crippen LogP contribution in [0.4, 0.5) is 0 Å². The van der Waals surface area contributed by atoms with Crippen LogP contribution in [0.2, 0.25) is 0 Å². The third-order valence-corrected chi connectivity index (χ3v) is 7.40. The van der Waals surface area contributed by atoms with Crippen LogP contribution in [0.1, 0.15) is 42.1 Å². The lowest BCUT2D eigenvalue weighted by atomic mass is 10.0. The summed E-state index contributed by atoms with van der Waals surface area (Å²) in [5.41, 5.74) is 2.81. The van der Waals surface area contributed by atoms with Gasteiger partial charge in [0.05, 0.1) is 4.99 Å². The highest BCUT2D eigenvalue weighted by atomic mass is 32.2. The first kappa shape index (κ1) is 25.8. The number of hydrogen-bond donors (Lipinski definition) is 0. The van der Waals surface area contributed by atoms with Crippen LogP contribution in [0.15, 0.2) is 91.0 Å². The van der Waals surface area contributed by atoms with E-state index in [1.165, 1.54) is 4.90 Å². The smallest absolute Gasteiger partial charge is 0.330 e. The summed E-state index contributed by atoms with van der Waals surface area (Å²) in [7, 11) is 0. The first-order valence-electron chi connectivity index (χ1n) is 11.9. The highest BCUT2D eigenvalue weighted by Crippen LogP contribution is 2.29. The Morgan fingerprint density at radius 1 is 0.889 bits per heavy atom. The van der Waals surface area contributed by atoms with E-state index in [0.29, 0.717) is 23.6 Å². The average Bonchev–Trinajstić information content (AvgIpc) is 3.32. The number of thiocarbonyl (C=S) groups is 1. The number of thioether (sulfide) groups is 1. The van der Waals surface area contributed by atoms with Crippen molar-refractivity contribution in [3.63, 3.8) is 0 Å². The number of ketones is 1. The predicted molar refractivity (Wildman–Crippen MR) is 146 cm³/mol. The minimum Gasteiger partial charge on any atom is -0.451 e. The molecule has 1 saturated heterocycles. The Morgan fingerprint density at radius 2 is 1.44 bits per heavy atom. The fourth-order valence-electron chi connectivity index (χ4n) is 4.11. The molecule has 3 aromatic rings. The highest BCUT2D eigenvalue weighted by molar-refractivity contribution is 7.98. The molecule has 0 N–H and O–H groups in total. The molecule has 0 spiro atoms. The number of nitrogens with zero attached hydrogens (tertiary/aromatic N) is 1. The first-order chi connectivity index (χ1) is 17.5. The third-order valence-electron chi connectivity index (χ3n) is 5.97. The number of rotatable bonds is 10. The van der Waals surface area contributed by atoms with E-state index in [2.05, 4.69) is 0 Å². The molecule has 3 aromatic carbocycles. The second-order valence-electron chi connectivity index (χ2n) is 8.47. The van der Waals surface area contributed by atoms with Crippen molar-refractivity contribution >= 4 is 46.6 Å². The van der Waals surface area contributed by atoms with Gasteiger partial charge in [0.2, 0.25) is 5.78 Å². The molecular formula is C29H27NO4S2. The quantitative estimate of drug-likeness (QED) is 0.153. The second-order valence-corrected chi connectivity index (χ2v) is 10.0. The summed E-state index contributed by atoms with van der Waals surface area (Å²) in [6.07, 6.45) is 0.193. The summed E-state index contributed by atoms with van der Waals surface area (Å²) in [4.78, 5) is 40.5. The van der Waals surface area contributed by atoms with Gasteiger partial charge in [-0.25, -0.2) is 4.79 Å². The maximum absolute atomic E-state index is 13.3. The molecule has 1 heterocycles. The van der Waals surface area contributed by atoms with E-state index in [4.69, 9.17) is 17.0 Å². The SMILES string of the molecule is O=C(CCSCc1ccccc1)C(=O)N1C(=S)CC[C@H]1C(=O)OC(c1ccccc1)c1ccccc1. The minimum absolute atomic E-state index is 0.0911. The molecule has 36 heavy (non-hydrogen) atoms. The molecule has 1 aliphatic heterocycles. The Labute approximate surface area is 220 Å². The van der Waals surface area contributed by atoms with Crippen LogP contribution in [0, 0.1) is 0 Å². The molecule has 0 aliphatic carbocycles. The van der Waals surface area contributed by atoms with Gasteiger partial charge >= 0.3 is 5.97 Å². The van der Waals surface area contributed by atoms with Crippen LogP contribution in [-0.2, 0) is 24.9 Å². The van der Waals surface area contributed by atoms with Crippen LogP contribution < -0.4 is 0 Å². The lowest BCUT2D eigenvalue weighted by Crippen LogP contribution is -2.46. The molecule has 1 amide bonds. The maximum Gasteiger partial charge on any atom is 0.330 e. The Kier molecular flexibility index (Phi) is 9.03. The van der Waals surface area contributed by atoms with E-state index in [9.17, 15) is 14.4 Å². The molecular weight excluding hydrogens is 490 g/mol. The normalized spacial score (nSPS) is 15.2. The fourth-order valence-corrected chi connectivity index (χ4v) is 5.34. The van der Waals surface area contributed by atoms with E-state index in [0.717, 1.165) is 22.4 Å². The topological polar surface area (TPSA) is 63.7 Å². The summed E-state index contributed by atoms with van der Waals surface area (Å²) in [5, 5.41) is 0. The number of hydrogen-bond acceptors (Lipinski definition) is 6. The second kappa shape index (κ2) is 12.6. The number of likely N-dealkylation sites (tertiary alicyclic amines) is 1. The van der Waals surface area contributed by atoms with Crippen molar-refractivity contribution in [3.8, 4) is 0 Å². The lowest BCUT2D eigenvalue weighted by molar-refractivity contribution is -0.156. The molecule has 0 unspecified atom stereocenters. The van der Waals surface area contributed by atoms with E-state index in [1.807, 2.05) is 91.0 Å². The molecule has 1 atom stereocenters. The van der Waals surface area contributed by atoms with Crippen LogP contribution >= 0.6 is 24.0 Å². The van der Waals surface area contributed by atoms with Crippen molar-refractivity contribution in [1.82, 2.24) is 4.90 Å². The summed E-state index contributed by atoms with van der Waals surface area (Å²) in [5.74, 6) is -0.554. The number of ether oxygens (including phenoxy) is 1. The van der Waals surface area contributed by atoms with Gasteiger partial charge in [-0.15, -0.1) is 0 Å². The van der Waals surface area contributed by atoms with Crippen LogP contribution in [0.3, 0.4) is 0 Å². The van der Waals surface area contributed by atoms with Crippen molar-refractivity contribution in [3.05, 3.63) is 108 Å². The average molecular weight is 518 g/mol. The van der Waals surface area contributed by atoms with E-state index in [-0.39, 0.29) is 6.42 Å². The number of carbonyl (C=O) groups excluding carboxylic acids is 3. The number of benzene rings is 3. The molecule has 0 bridgehead atoms. The van der Waals surface area contributed by atoms with E-state index in [1.54, 1.807) is 11.8 Å². The molecule has 4 rings (SSSR count). The monoisotopic (exact) mass is 517 g/mol. The first-order valence-corrected chi connectivity index (χ1v) is 13.4. The van der Waals surface area contributed by atoms with Crippen molar-refractivity contribution in [2.45, 2.75) is 37.2 Å². The molecule has 7 heteroatoms. The van der Waals surface area contributed by atoms with Gasteiger partial charge in [0, 0.05) is 24.3 Å². The molecule has 0 aromatic heterocycles. The molecule has 0 radical (unpaired) electrons. The van der Waals surface area contributed by atoms with Gasteiger partial charge in [0.15, 0.2) is 6.10 Å². The predicted octanol–water partition coefficient (Wildman–Crippen LogP) is 5.53. The third kappa shape index (κ3) is 6.47. The van der Waals surface area contributed by atoms with Gasteiger partial charge < -0.3 is 4.74 Å². The van der Waals surface area contributed by atoms with Crippen molar-refractivity contribution < 1.29 is 19.1 Å². The summed E-state index contributed by atoms with van der Waals surface area (Å²) in [6, 6.07) is 27.9. The molecule has 0 saturated carbocycles. The number of carbonyl (C=O) groups is 3. The van der Waals surface area contributed by atoms with Gasteiger partial charge in [-0.1, -0.05) is 103 Å². The van der Waals surface area contributed by atoms with Gasteiger partial charge in [-0.05, 0) is 23.1 Å². The number of esters is 1. The molecule has 1 aliphatic rings. The van der Waals surface area contributed by atoms with Crippen LogP contribution in [-0.4, -0.2) is 39.3 Å². The molecule has 1 fully saturated rings. The van der Waals surface area contributed by atoms with Gasteiger partial charge in [0.1, 0.15) is 6.04 Å². The summed E-state index contributed by atoms with van der Waals surface area (Å²) < 4.78 is 5.95. The van der Waals surface area contributed by atoms with Gasteiger partial charge in [-0.2, -0.15) is 11.8 Å². The van der Waals surface area contributed by atoms with Crippen molar-refractivity contribution in [2.75, 3.05) is 5.75 Å². The summed E-state index contributed by atoms with van der Waals surface area (Å²) >= 11 is 6.96. The fraction of sp³-hybridized carbons (Fsp3) is 0.241. The Hall–Kier alpha value is -3.29. The molecule has 184 valence electrons. The zero-order chi connectivity index (χ0) is 25.3. The van der Waals surface area contributed by atoms with Gasteiger partial charge in [0.25, 0.3) is 5.91 Å². The molecule has 5 nitrogen and oxygen atoms in total. The largest absolute Gasteiger partial charge is 0.451 e. The van der Waals surface area contributed by atoms with Crippen LogP contribution in [0.5, 0.6) is 0 Å². The van der Waals surface area contributed by atoms with Crippen LogP contribution in [0.25, 0.3) is 0 Å². The van der Waals surface area contributed by atoms with Crippen molar-refractivity contribution in [1.29, 1.82) is 0 Å². The zero-order valence-corrected chi connectivity index (χ0v) is 21.4. The van der Waals surface area contributed by atoms with Gasteiger partial charge in [-0.3, -0.25) is 14.5 Å². The Balaban J connectivity index is 1.40. The van der Waals surface area contributed by atoms with E-state index >= 15 is 0 Å². The van der Waals surface area contributed by atoms with Crippen molar-refractivity contribution in [2.24, 2.45) is 0 Å². The Bertz CT molecular complexity index is 1160. The standard InChI is InChI=1S/C29H27NO4S2/c31-25(18-19-36-20-21-10-4-1-5-11-21)28(32)30-24(16-17-26(30)35)29(33)34-27(22-12-6-2-7-13-22)23-14-8-3-9-15-23/h1-15,24,27H,16-20H2/t24-/m0/s1.